The Kier molecular flexibility index (Phi) is 4.15. The number of hydrogen-bond acceptors (Lipinski definition) is 5. The van der Waals surface area contributed by atoms with Gasteiger partial charge in [0, 0.05) is 51.6 Å². The Balaban J connectivity index is 1.66. The molecule has 3 heterocycles. The first-order chi connectivity index (χ1) is 10.7. The summed E-state index contributed by atoms with van der Waals surface area (Å²) in [6.45, 7) is 2.19. The van der Waals surface area contributed by atoms with Crippen molar-refractivity contribution in [2.45, 2.75) is 19.3 Å². The number of amides is 2. The van der Waals surface area contributed by atoms with Crippen molar-refractivity contribution in [2.75, 3.05) is 33.4 Å². The van der Waals surface area contributed by atoms with E-state index >= 15 is 0 Å². The van der Waals surface area contributed by atoms with Gasteiger partial charge in [-0.15, -0.1) is 0 Å². The van der Waals surface area contributed by atoms with Crippen LogP contribution in [0, 0.1) is 11.3 Å². The van der Waals surface area contributed by atoms with Crippen molar-refractivity contribution in [3.63, 3.8) is 0 Å². The van der Waals surface area contributed by atoms with E-state index in [-0.39, 0.29) is 17.7 Å². The molecule has 120 valence electrons. The molecule has 2 aliphatic heterocycles. The summed E-state index contributed by atoms with van der Waals surface area (Å²) in [4.78, 5) is 26.6. The number of nitrogens with one attached hydrogen (secondary N) is 1. The Hall–Kier alpha value is -1.89. The lowest BCUT2D eigenvalue weighted by atomic mass is 9.73. The van der Waals surface area contributed by atoms with Crippen molar-refractivity contribution in [1.82, 2.24) is 15.4 Å². The average molecular weight is 307 g/mol. The number of ether oxygens (including phenoxy) is 1. The van der Waals surface area contributed by atoms with E-state index in [4.69, 9.17) is 9.26 Å². The first-order valence-corrected chi connectivity index (χ1v) is 7.62. The van der Waals surface area contributed by atoms with Crippen molar-refractivity contribution in [2.24, 2.45) is 11.3 Å². The van der Waals surface area contributed by atoms with Gasteiger partial charge in [0.05, 0.1) is 17.7 Å². The van der Waals surface area contributed by atoms with E-state index in [1.165, 1.54) is 6.26 Å². The van der Waals surface area contributed by atoms with Crippen molar-refractivity contribution >= 4 is 11.8 Å². The van der Waals surface area contributed by atoms with Crippen LogP contribution in [-0.2, 0) is 20.7 Å². The van der Waals surface area contributed by atoms with Crippen LogP contribution in [0.1, 0.15) is 18.5 Å². The van der Waals surface area contributed by atoms with Crippen LogP contribution in [0.2, 0.25) is 0 Å². The summed E-state index contributed by atoms with van der Waals surface area (Å²) in [5, 5.41) is 6.57. The zero-order valence-corrected chi connectivity index (χ0v) is 12.7. The zero-order chi connectivity index (χ0) is 15.6. The van der Waals surface area contributed by atoms with E-state index < -0.39 is 5.41 Å². The normalized spacial score (nSPS) is 27.5. The SMILES string of the molecule is CNC(=O)[C@]12CCOC[C@H]1CN(C(=O)CCc1ccon1)C2. The summed E-state index contributed by atoms with van der Waals surface area (Å²) in [5.74, 6) is 0.158. The Morgan fingerprint density at radius 1 is 1.55 bits per heavy atom. The number of carbonyl (C=O) groups is 2. The van der Waals surface area contributed by atoms with Crippen LogP contribution in [0.3, 0.4) is 0 Å². The molecule has 22 heavy (non-hydrogen) atoms. The van der Waals surface area contributed by atoms with Crippen molar-refractivity contribution < 1.29 is 18.8 Å². The van der Waals surface area contributed by atoms with Crippen LogP contribution in [-0.4, -0.2) is 55.2 Å². The van der Waals surface area contributed by atoms with Gasteiger partial charge in [-0.25, -0.2) is 0 Å². The molecule has 1 aromatic heterocycles. The highest BCUT2D eigenvalue weighted by atomic mass is 16.5. The quantitative estimate of drug-likeness (QED) is 0.860. The predicted octanol–water partition coefficient (Wildman–Crippen LogP) is 0.218. The predicted molar refractivity (Wildman–Crippen MR) is 76.8 cm³/mol. The fraction of sp³-hybridized carbons (Fsp3) is 0.667. The van der Waals surface area contributed by atoms with E-state index in [2.05, 4.69) is 10.5 Å². The molecule has 0 spiro atoms. The highest BCUT2D eigenvalue weighted by Crippen LogP contribution is 2.42. The van der Waals surface area contributed by atoms with Gasteiger partial charge in [-0.2, -0.15) is 0 Å². The molecule has 7 nitrogen and oxygen atoms in total. The van der Waals surface area contributed by atoms with Crippen LogP contribution in [0.15, 0.2) is 16.9 Å². The monoisotopic (exact) mass is 307 g/mol. The molecule has 0 radical (unpaired) electrons. The first-order valence-electron chi connectivity index (χ1n) is 7.62. The number of hydrogen-bond donors (Lipinski definition) is 1. The van der Waals surface area contributed by atoms with Crippen molar-refractivity contribution in [3.05, 3.63) is 18.0 Å². The van der Waals surface area contributed by atoms with Crippen LogP contribution in [0.5, 0.6) is 0 Å². The molecule has 0 aliphatic carbocycles. The van der Waals surface area contributed by atoms with Crippen molar-refractivity contribution in [3.8, 4) is 0 Å². The summed E-state index contributed by atoms with van der Waals surface area (Å²) >= 11 is 0. The standard InChI is InChI=1S/C15H21N3O4/c1-16-14(20)15-5-7-21-9-11(15)8-18(10-15)13(19)3-2-12-4-6-22-17-12/h4,6,11H,2-3,5,7-10H2,1H3,(H,16,20)/t11-,15+/m1/s1. The fourth-order valence-corrected chi connectivity index (χ4v) is 3.52. The third-order valence-electron chi connectivity index (χ3n) is 4.83. The van der Waals surface area contributed by atoms with Crippen LogP contribution in [0.4, 0.5) is 0 Å². The summed E-state index contributed by atoms with van der Waals surface area (Å²) in [5.41, 5.74) is 0.283. The number of aryl methyl sites for hydroxylation is 1. The van der Waals surface area contributed by atoms with Gasteiger partial charge in [0.25, 0.3) is 0 Å². The molecule has 3 rings (SSSR count). The van der Waals surface area contributed by atoms with E-state index in [0.29, 0.717) is 45.6 Å². The number of likely N-dealkylation sites (tertiary alicyclic amines) is 1. The van der Waals surface area contributed by atoms with Crippen LogP contribution < -0.4 is 5.32 Å². The van der Waals surface area contributed by atoms with Crippen LogP contribution >= 0.6 is 0 Å². The maximum absolute atomic E-state index is 12.4. The lowest BCUT2D eigenvalue weighted by molar-refractivity contribution is -0.139. The molecular weight excluding hydrogens is 286 g/mol. The van der Waals surface area contributed by atoms with Gasteiger partial charge >= 0.3 is 0 Å². The number of aromatic nitrogens is 1. The largest absolute Gasteiger partial charge is 0.381 e. The third-order valence-corrected chi connectivity index (χ3v) is 4.83. The zero-order valence-electron chi connectivity index (χ0n) is 12.7. The number of nitrogens with zero attached hydrogens (tertiary/aromatic N) is 2. The molecule has 0 saturated carbocycles. The molecular formula is C15H21N3O4. The van der Waals surface area contributed by atoms with Gasteiger partial charge < -0.3 is 19.5 Å². The maximum Gasteiger partial charge on any atom is 0.228 e. The summed E-state index contributed by atoms with van der Waals surface area (Å²) < 4.78 is 10.3. The average Bonchev–Trinajstić information content (AvgIpc) is 3.19. The fourth-order valence-electron chi connectivity index (χ4n) is 3.52. The smallest absolute Gasteiger partial charge is 0.228 e. The number of fused-ring (bicyclic) bond motifs is 1. The minimum Gasteiger partial charge on any atom is -0.381 e. The Morgan fingerprint density at radius 3 is 3.14 bits per heavy atom. The molecule has 0 bridgehead atoms. The third kappa shape index (κ3) is 2.61. The highest BCUT2D eigenvalue weighted by molar-refractivity contribution is 5.85. The van der Waals surface area contributed by atoms with Crippen molar-refractivity contribution in [1.29, 1.82) is 0 Å². The van der Waals surface area contributed by atoms with Crippen LogP contribution in [0.25, 0.3) is 0 Å². The summed E-state index contributed by atoms with van der Waals surface area (Å²) in [6, 6.07) is 1.76. The van der Waals surface area contributed by atoms with Gasteiger partial charge in [-0.1, -0.05) is 5.16 Å². The van der Waals surface area contributed by atoms with E-state index in [1.54, 1.807) is 18.0 Å². The molecule has 0 unspecified atom stereocenters. The highest BCUT2D eigenvalue weighted by Gasteiger charge is 2.54. The van der Waals surface area contributed by atoms with Gasteiger partial charge in [0.2, 0.25) is 11.8 Å². The van der Waals surface area contributed by atoms with Gasteiger partial charge in [0.1, 0.15) is 6.26 Å². The maximum atomic E-state index is 12.4. The molecule has 2 aliphatic rings. The first kappa shape index (κ1) is 15.0. The minimum absolute atomic E-state index is 0.0209. The number of rotatable bonds is 4. The lowest BCUT2D eigenvalue weighted by Gasteiger charge is -2.36. The van der Waals surface area contributed by atoms with E-state index in [1.807, 2.05) is 0 Å². The second-order valence-electron chi connectivity index (χ2n) is 6.02. The summed E-state index contributed by atoms with van der Waals surface area (Å²) in [7, 11) is 1.65. The second kappa shape index (κ2) is 6.08. The molecule has 2 fully saturated rings. The minimum atomic E-state index is -0.490. The van der Waals surface area contributed by atoms with Gasteiger partial charge in [0.15, 0.2) is 0 Å². The summed E-state index contributed by atoms with van der Waals surface area (Å²) in [6.07, 6.45) is 3.11. The molecule has 2 atom stereocenters. The molecule has 1 aromatic rings. The van der Waals surface area contributed by atoms with Gasteiger partial charge in [-0.05, 0) is 6.42 Å². The topological polar surface area (TPSA) is 84.7 Å². The van der Waals surface area contributed by atoms with Gasteiger partial charge in [-0.3, -0.25) is 9.59 Å². The Labute approximate surface area is 129 Å². The molecule has 2 saturated heterocycles. The van der Waals surface area contributed by atoms with E-state index in [0.717, 1.165) is 5.69 Å². The Morgan fingerprint density at radius 2 is 2.41 bits per heavy atom. The number of carbonyl (C=O) groups excluding carboxylic acids is 2. The Bertz CT molecular complexity index is 545. The van der Waals surface area contributed by atoms with E-state index in [9.17, 15) is 9.59 Å². The molecule has 7 heteroatoms. The second-order valence-corrected chi connectivity index (χ2v) is 6.02. The molecule has 1 N–H and O–H groups in total. The lowest BCUT2D eigenvalue weighted by Crippen LogP contribution is -2.49. The molecule has 0 aromatic carbocycles. The molecule has 2 amide bonds.